The first-order valence-corrected chi connectivity index (χ1v) is 4.32. The fraction of sp³-hybridized carbons (Fsp3) is 0.875. The lowest BCUT2D eigenvalue weighted by molar-refractivity contribution is -0.131. The van der Waals surface area contributed by atoms with Crippen LogP contribution in [0.2, 0.25) is 0 Å². The molecule has 0 spiro atoms. The Kier molecular flexibility index (Phi) is 2.85. The number of alkyl halides is 2. The number of rotatable bonds is 2. The second-order valence-electron chi connectivity index (χ2n) is 3.60. The van der Waals surface area contributed by atoms with Crippen LogP contribution in [0.15, 0.2) is 0 Å². The van der Waals surface area contributed by atoms with Crippen LogP contribution in [0, 0.1) is 0 Å². The Labute approximate surface area is 75.9 Å². The molecule has 76 valence electrons. The van der Waals surface area contributed by atoms with Gasteiger partial charge in [-0.15, -0.1) is 0 Å². The minimum atomic E-state index is -2.70. The van der Waals surface area contributed by atoms with Crippen LogP contribution < -0.4 is 5.73 Å². The van der Waals surface area contributed by atoms with Crippen LogP contribution in [-0.2, 0) is 4.79 Å². The van der Waals surface area contributed by atoms with Gasteiger partial charge in [0.25, 0.3) is 5.92 Å². The third-order valence-electron chi connectivity index (χ3n) is 2.02. The van der Waals surface area contributed by atoms with Crippen LogP contribution in [0.3, 0.4) is 0 Å². The van der Waals surface area contributed by atoms with Gasteiger partial charge in [0.1, 0.15) is 0 Å². The Bertz CT molecular complexity index is 206. The minimum Gasteiger partial charge on any atom is -0.336 e. The van der Waals surface area contributed by atoms with Gasteiger partial charge in [-0.1, -0.05) is 0 Å². The summed E-state index contributed by atoms with van der Waals surface area (Å²) < 4.78 is 25.3. The largest absolute Gasteiger partial charge is 0.336 e. The third kappa shape index (κ3) is 2.91. The molecule has 0 bridgehead atoms. The molecule has 1 fully saturated rings. The van der Waals surface area contributed by atoms with E-state index < -0.39 is 12.5 Å². The van der Waals surface area contributed by atoms with Crippen molar-refractivity contribution in [2.45, 2.75) is 31.7 Å². The number of carbonyl (C=O) groups is 1. The Morgan fingerprint density at radius 2 is 2.31 bits per heavy atom. The van der Waals surface area contributed by atoms with Gasteiger partial charge in [0, 0.05) is 25.4 Å². The first-order valence-electron chi connectivity index (χ1n) is 4.32. The Morgan fingerprint density at radius 3 is 2.69 bits per heavy atom. The van der Waals surface area contributed by atoms with Crippen molar-refractivity contribution in [3.8, 4) is 0 Å². The number of nitrogens with two attached hydrogens (primary N) is 1. The van der Waals surface area contributed by atoms with Crippen LogP contribution >= 0.6 is 0 Å². The molecule has 0 aromatic carbocycles. The summed E-state index contributed by atoms with van der Waals surface area (Å²) >= 11 is 0. The molecule has 1 amide bonds. The van der Waals surface area contributed by atoms with Gasteiger partial charge in [-0.3, -0.25) is 4.79 Å². The summed E-state index contributed by atoms with van der Waals surface area (Å²) in [6.07, 6.45) is -0.0756. The smallest absolute Gasteiger partial charge is 0.267 e. The second kappa shape index (κ2) is 3.57. The normalized spacial score (nSPS) is 23.2. The topological polar surface area (TPSA) is 46.3 Å². The van der Waals surface area contributed by atoms with Crippen LogP contribution in [0.1, 0.15) is 19.8 Å². The van der Waals surface area contributed by atoms with E-state index in [1.807, 2.05) is 0 Å². The molecule has 1 rings (SSSR count). The van der Waals surface area contributed by atoms with E-state index in [2.05, 4.69) is 0 Å². The quantitative estimate of drug-likeness (QED) is 0.696. The summed E-state index contributed by atoms with van der Waals surface area (Å²) in [5, 5.41) is 0. The molecule has 2 N–H and O–H groups in total. The molecule has 0 radical (unpaired) electrons. The maximum absolute atomic E-state index is 12.7. The highest BCUT2D eigenvalue weighted by Crippen LogP contribution is 2.27. The van der Waals surface area contributed by atoms with E-state index in [4.69, 9.17) is 5.73 Å². The third-order valence-corrected chi connectivity index (χ3v) is 2.02. The van der Waals surface area contributed by atoms with E-state index in [0.29, 0.717) is 0 Å². The number of halogens is 2. The van der Waals surface area contributed by atoms with Crippen molar-refractivity contribution in [3.63, 3.8) is 0 Å². The maximum atomic E-state index is 12.7. The molecule has 1 aliphatic heterocycles. The first-order chi connectivity index (χ1) is 5.91. The van der Waals surface area contributed by atoms with Crippen molar-refractivity contribution in [1.82, 2.24) is 4.90 Å². The van der Waals surface area contributed by atoms with Crippen molar-refractivity contribution < 1.29 is 13.6 Å². The number of carbonyl (C=O) groups excluding carboxylic acids is 1. The Balaban J connectivity index is 2.42. The summed E-state index contributed by atoms with van der Waals surface area (Å²) in [4.78, 5) is 12.4. The average molecular weight is 192 g/mol. The standard InChI is InChI=1S/C8H14F2N2O/c1-6(11)4-7(13)12-3-2-8(9,10)5-12/h6H,2-5,11H2,1H3. The van der Waals surface area contributed by atoms with Crippen LogP contribution in [0.5, 0.6) is 0 Å². The number of nitrogens with zero attached hydrogens (tertiary/aromatic N) is 1. The number of hydrogen-bond acceptors (Lipinski definition) is 2. The molecule has 13 heavy (non-hydrogen) atoms. The average Bonchev–Trinajstić information content (AvgIpc) is 2.28. The second-order valence-corrected chi connectivity index (χ2v) is 3.60. The summed E-state index contributed by atoms with van der Waals surface area (Å²) in [5.41, 5.74) is 5.39. The van der Waals surface area contributed by atoms with Gasteiger partial charge < -0.3 is 10.6 Å². The molecular formula is C8H14F2N2O. The predicted molar refractivity (Wildman–Crippen MR) is 44.4 cm³/mol. The van der Waals surface area contributed by atoms with Gasteiger partial charge in [-0.25, -0.2) is 8.78 Å². The van der Waals surface area contributed by atoms with Crippen molar-refractivity contribution in [2.24, 2.45) is 5.73 Å². The highest BCUT2D eigenvalue weighted by atomic mass is 19.3. The van der Waals surface area contributed by atoms with Gasteiger partial charge in [-0.2, -0.15) is 0 Å². The van der Waals surface area contributed by atoms with Gasteiger partial charge in [-0.05, 0) is 6.92 Å². The molecule has 1 saturated heterocycles. The zero-order valence-corrected chi connectivity index (χ0v) is 7.59. The lowest BCUT2D eigenvalue weighted by Crippen LogP contribution is -2.34. The molecule has 0 saturated carbocycles. The Hall–Kier alpha value is -0.710. The van der Waals surface area contributed by atoms with Crippen LogP contribution in [0.4, 0.5) is 8.78 Å². The number of likely N-dealkylation sites (tertiary alicyclic amines) is 1. The van der Waals surface area contributed by atoms with E-state index in [1.54, 1.807) is 6.92 Å². The fourth-order valence-corrected chi connectivity index (χ4v) is 1.35. The fourth-order valence-electron chi connectivity index (χ4n) is 1.35. The summed E-state index contributed by atoms with van der Waals surface area (Å²) in [7, 11) is 0. The van der Waals surface area contributed by atoms with Gasteiger partial charge in [0.15, 0.2) is 0 Å². The molecule has 1 heterocycles. The molecule has 0 aromatic heterocycles. The maximum Gasteiger partial charge on any atom is 0.267 e. The summed E-state index contributed by atoms with van der Waals surface area (Å²) in [6, 6.07) is -0.262. The van der Waals surface area contributed by atoms with Crippen LogP contribution in [0.25, 0.3) is 0 Å². The van der Waals surface area contributed by atoms with Gasteiger partial charge in [0.05, 0.1) is 6.54 Å². The lowest BCUT2D eigenvalue weighted by atomic mass is 10.2. The molecule has 3 nitrogen and oxygen atoms in total. The van der Waals surface area contributed by atoms with Crippen molar-refractivity contribution in [1.29, 1.82) is 0 Å². The van der Waals surface area contributed by atoms with E-state index in [-0.39, 0.29) is 31.3 Å². The molecular weight excluding hydrogens is 178 g/mol. The molecule has 0 aliphatic carbocycles. The summed E-state index contributed by atoms with van der Waals surface area (Å²) in [5.74, 6) is -2.97. The SMILES string of the molecule is CC(N)CC(=O)N1CCC(F)(F)C1. The van der Waals surface area contributed by atoms with E-state index >= 15 is 0 Å². The number of amides is 1. The Morgan fingerprint density at radius 1 is 1.69 bits per heavy atom. The van der Waals surface area contributed by atoms with Gasteiger partial charge in [0.2, 0.25) is 5.91 Å². The molecule has 5 heteroatoms. The molecule has 1 unspecified atom stereocenters. The van der Waals surface area contributed by atoms with Crippen molar-refractivity contribution >= 4 is 5.91 Å². The highest BCUT2D eigenvalue weighted by molar-refractivity contribution is 5.77. The lowest BCUT2D eigenvalue weighted by Gasteiger charge is -2.16. The highest BCUT2D eigenvalue weighted by Gasteiger charge is 2.40. The first kappa shape index (κ1) is 10.4. The van der Waals surface area contributed by atoms with E-state index in [1.165, 1.54) is 4.90 Å². The van der Waals surface area contributed by atoms with Crippen molar-refractivity contribution in [2.75, 3.05) is 13.1 Å². The molecule has 1 aliphatic rings. The van der Waals surface area contributed by atoms with Crippen molar-refractivity contribution in [3.05, 3.63) is 0 Å². The zero-order valence-electron chi connectivity index (χ0n) is 7.59. The molecule has 0 aromatic rings. The minimum absolute atomic E-state index is 0.149. The summed E-state index contributed by atoms with van der Waals surface area (Å²) in [6.45, 7) is 1.39. The van der Waals surface area contributed by atoms with E-state index in [9.17, 15) is 13.6 Å². The number of hydrogen-bond donors (Lipinski definition) is 1. The molecule has 1 atom stereocenters. The van der Waals surface area contributed by atoms with Gasteiger partial charge >= 0.3 is 0 Å². The predicted octanol–water partition coefficient (Wildman–Crippen LogP) is 0.591. The van der Waals surface area contributed by atoms with Crippen LogP contribution in [-0.4, -0.2) is 35.9 Å². The monoisotopic (exact) mass is 192 g/mol. The van der Waals surface area contributed by atoms with E-state index in [0.717, 1.165) is 0 Å². The zero-order chi connectivity index (χ0) is 10.1.